The fourth-order valence-electron chi connectivity index (χ4n) is 2.95. The van der Waals surface area contributed by atoms with Crippen LogP contribution < -0.4 is 5.32 Å². The fraction of sp³-hybridized carbons (Fsp3) is 0.500. The molecule has 8 heteroatoms. The fourth-order valence-corrected chi connectivity index (χ4v) is 4.75. The standard InChI is InChI=1S/C16H18ClNO5S/c17-12-3-1-11(2-4-12)16(6-7-16)15(20)23-9-14(19)18-13-5-8-24(21,22)10-13/h1-4,13H,5-10H2,(H,18,19)/t13-/m0/s1. The Balaban J connectivity index is 1.52. The summed E-state index contributed by atoms with van der Waals surface area (Å²) in [4.78, 5) is 24.2. The molecular weight excluding hydrogens is 354 g/mol. The highest BCUT2D eigenvalue weighted by Crippen LogP contribution is 2.49. The highest BCUT2D eigenvalue weighted by atomic mass is 35.5. The first-order valence-electron chi connectivity index (χ1n) is 7.74. The number of sulfone groups is 1. The van der Waals surface area contributed by atoms with E-state index in [1.165, 1.54) is 0 Å². The lowest BCUT2D eigenvalue weighted by Crippen LogP contribution is -2.39. The van der Waals surface area contributed by atoms with Crippen LogP contribution in [-0.4, -0.2) is 44.4 Å². The number of nitrogens with one attached hydrogen (secondary N) is 1. The minimum atomic E-state index is -3.06. The molecule has 1 N–H and O–H groups in total. The molecule has 1 aromatic carbocycles. The van der Waals surface area contributed by atoms with Crippen LogP contribution >= 0.6 is 11.6 Å². The van der Waals surface area contributed by atoms with Crippen molar-refractivity contribution in [1.29, 1.82) is 0 Å². The first-order chi connectivity index (χ1) is 11.3. The highest BCUT2D eigenvalue weighted by molar-refractivity contribution is 7.91. The molecule has 0 bridgehead atoms. The van der Waals surface area contributed by atoms with E-state index in [9.17, 15) is 18.0 Å². The maximum absolute atomic E-state index is 12.3. The van der Waals surface area contributed by atoms with Gasteiger partial charge in [-0.15, -0.1) is 0 Å². The maximum Gasteiger partial charge on any atom is 0.317 e. The number of ether oxygens (including phenoxy) is 1. The molecule has 2 aliphatic rings. The molecule has 1 aliphatic heterocycles. The van der Waals surface area contributed by atoms with Crippen LogP contribution in [0.1, 0.15) is 24.8 Å². The Labute approximate surface area is 145 Å². The molecule has 6 nitrogen and oxygen atoms in total. The number of carbonyl (C=O) groups excluding carboxylic acids is 2. The molecule has 0 radical (unpaired) electrons. The Bertz CT molecular complexity index is 755. The van der Waals surface area contributed by atoms with Crippen molar-refractivity contribution in [2.75, 3.05) is 18.1 Å². The predicted molar refractivity (Wildman–Crippen MR) is 88.5 cm³/mol. The average molecular weight is 372 g/mol. The molecule has 1 amide bonds. The maximum atomic E-state index is 12.3. The lowest BCUT2D eigenvalue weighted by atomic mass is 9.96. The minimum absolute atomic E-state index is 0.0542. The first-order valence-corrected chi connectivity index (χ1v) is 9.94. The summed E-state index contributed by atoms with van der Waals surface area (Å²) in [5.74, 6) is -0.880. The van der Waals surface area contributed by atoms with E-state index < -0.39 is 39.8 Å². The summed E-state index contributed by atoms with van der Waals surface area (Å²) in [6.07, 6.45) is 1.75. The largest absolute Gasteiger partial charge is 0.455 e. The third-order valence-electron chi connectivity index (χ3n) is 4.47. The molecular formula is C16H18ClNO5S. The zero-order chi connectivity index (χ0) is 17.4. The lowest BCUT2D eigenvalue weighted by molar-refractivity contribution is -0.151. The van der Waals surface area contributed by atoms with Gasteiger partial charge in [-0.2, -0.15) is 0 Å². The van der Waals surface area contributed by atoms with Crippen molar-refractivity contribution < 1.29 is 22.7 Å². The van der Waals surface area contributed by atoms with Gasteiger partial charge in [-0.25, -0.2) is 8.42 Å². The summed E-state index contributed by atoms with van der Waals surface area (Å²) in [6.45, 7) is -0.398. The van der Waals surface area contributed by atoms with E-state index in [1.54, 1.807) is 24.3 Å². The van der Waals surface area contributed by atoms with Crippen molar-refractivity contribution in [3.05, 3.63) is 34.9 Å². The Kier molecular flexibility index (Phi) is 4.57. The third kappa shape index (κ3) is 3.72. The van der Waals surface area contributed by atoms with Crippen molar-refractivity contribution in [2.24, 2.45) is 0 Å². The molecule has 24 heavy (non-hydrogen) atoms. The Hall–Kier alpha value is -1.60. The van der Waals surface area contributed by atoms with E-state index in [0.717, 1.165) is 5.56 Å². The number of halogens is 1. The van der Waals surface area contributed by atoms with E-state index in [-0.39, 0.29) is 11.5 Å². The molecule has 1 heterocycles. The van der Waals surface area contributed by atoms with Gasteiger partial charge in [-0.05, 0) is 37.0 Å². The second-order valence-corrected chi connectivity index (χ2v) is 9.00. The Morgan fingerprint density at radius 2 is 1.92 bits per heavy atom. The molecule has 2 fully saturated rings. The van der Waals surface area contributed by atoms with Crippen LogP contribution in [0.5, 0.6) is 0 Å². The van der Waals surface area contributed by atoms with E-state index >= 15 is 0 Å². The quantitative estimate of drug-likeness (QED) is 0.786. The molecule has 0 unspecified atom stereocenters. The third-order valence-corrected chi connectivity index (χ3v) is 6.49. The molecule has 3 rings (SSSR count). The summed E-state index contributed by atoms with van der Waals surface area (Å²) in [5, 5.41) is 3.19. The van der Waals surface area contributed by atoms with Gasteiger partial charge in [0, 0.05) is 11.1 Å². The second kappa shape index (κ2) is 6.37. The van der Waals surface area contributed by atoms with Crippen molar-refractivity contribution >= 4 is 33.3 Å². The average Bonchev–Trinajstić information content (AvgIpc) is 3.26. The van der Waals surface area contributed by atoms with Crippen LogP contribution in [-0.2, 0) is 29.6 Å². The molecule has 1 aliphatic carbocycles. The first kappa shape index (κ1) is 17.2. The van der Waals surface area contributed by atoms with E-state index in [2.05, 4.69) is 5.32 Å². The molecule has 0 aromatic heterocycles. The zero-order valence-electron chi connectivity index (χ0n) is 13.0. The smallest absolute Gasteiger partial charge is 0.317 e. The number of esters is 1. The molecule has 0 spiro atoms. The summed E-state index contributed by atoms with van der Waals surface area (Å²) in [6, 6.07) is 6.63. The zero-order valence-corrected chi connectivity index (χ0v) is 14.5. The minimum Gasteiger partial charge on any atom is -0.455 e. The Morgan fingerprint density at radius 3 is 2.46 bits per heavy atom. The van der Waals surface area contributed by atoms with Gasteiger partial charge in [-0.1, -0.05) is 23.7 Å². The number of hydrogen-bond acceptors (Lipinski definition) is 5. The molecule has 1 aromatic rings. The molecule has 130 valence electrons. The summed E-state index contributed by atoms with van der Waals surface area (Å²) >= 11 is 5.85. The number of rotatable bonds is 5. The molecule has 1 saturated carbocycles. The predicted octanol–water partition coefficient (Wildman–Crippen LogP) is 1.22. The molecule has 1 saturated heterocycles. The van der Waals surface area contributed by atoms with Gasteiger partial charge in [0.1, 0.15) is 0 Å². The van der Waals surface area contributed by atoms with Gasteiger partial charge < -0.3 is 10.1 Å². The van der Waals surface area contributed by atoms with Crippen LogP contribution in [0.4, 0.5) is 0 Å². The summed E-state index contributed by atoms with van der Waals surface area (Å²) in [7, 11) is -3.06. The van der Waals surface area contributed by atoms with Gasteiger partial charge in [-0.3, -0.25) is 9.59 Å². The van der Waals surface area contributed by atoms with Gasteiger partial charge >= 0.3 is 5.97 Å². The van der Waals surface area contributed by atoms with E-state index in [4.69, 9.17) is 16.3 Å². The lowest BCUT2D eigenvalue weighted by Gasteiger charge is -2.16. The molecule has 1 atom stereocenters. The monoisotopic (exact) mass is 371 g/mol. The van der Waals surface area contributed by atoms with Gasteiger partial charge in [0.25, 0.3) is 5.91 Å². The highest BCUT2D eigenvalue weighted by Gasteiger charge is 2.52. The normalized spacial score (nSPS) is 23.5. The van der Waals surface area contributed by atoms with Crippen LogP contribution in [0, 0.1) is 0 Å². The van der Waals surface area contributed by atoms with Crippen molar-refractivity contribution in [2.45, 2.75) is 30.7 Å². The summed E-state index contributed by atoms with van der Waals surface area (Å²) < 4.78 is 27.9. The van der Waals surface area contributed by atoms with E-state index in [0.29, 0.717) is 24.3 Å². The number of amides is 1. The van der Waals surface area contributed by atoms with Crippen LogP contribution in [0.3, 0.4) is 0 Å². The van der Waals surface area contributed by atoms with Crippen LogP contribution in [0.15, 0.2) is 24.3 Å². The van der Waals surface area contributed by atoms with Gasteiger partial charge in [0.05, 0.1) is 16.9 Å². The summed E-state index contributed by atoms with van der Waals surface area (Å²) in [5.41, 5.74) is 0.154. The SMILES string of the molecule is O=C(COC(=O)C1(c2ccc(Cl)cc2)CC1)N[C@H]1CCS(=O)(=O)C1. The van der Waals surface area contributed by atoms with Crippen molar-refractivity contribution in [3.8, 4) is 0 Å². The van der Waals surface area contributed by atoms with Gasteiger partial charge in [0.2, 0.25) is 0 Å². The Morgan fingerprint density at radius 1 is 1.25 bits per heavy atom. The van der Waals surface area contributed by atoms with Gasteiger partial charge in [0.15, 0.2) is 16.4 Å². The topological polar surface area (TPSA) is 89.5 Å². The second-order valence-electron chi connectivity index (χ2n) is 6.33. The number of carbonyl (C=O) groups is 2. The number of hydrogen-bond donors (Lipinski definition) is 1. The van der Waals surface area contributed by atoms with E-state index in [1.807, 2.05) is 0 Å². The van der Waals surface area contributed by atoms with Crippen LogP contribution in [0.2, 0.25) is 5.02 Å². The van der Waals surface area contributed by atoms with Crippen molar-refractivity contribution in [1.82, 2.24) is 5.32 Å². The van der Waals surface area contributed by atoms with Crippen LogP contribution in [0.25, 0.3) is 0 Å². The van der Waals surface area contributed by atoms with Crippen molar-refractivity contribution in [3.63, 3.8) is 0 Å². The number of benzene rings is 1.